The summed E-state index contributed by atoms with van der Waals surface area (Å²) in [7, 11) is 0. The average Bonchev–Trinajstić information content (AvgIpc) is 2.95. The summed E-state index contributed by atoms with van der Waals surface area (Å²) in [5, 5.41) is 2.83. The van der Waals surface area contributed by atoms with E-state index < -0.39 is 17.8 Å². The maximum absolute atomic E-state index is 14.0. The molecule has 0 saturated carbocycles. The Bertz CT molecular complexity index is 1330. The number of nitrogens with one attached hydrogen (secondary N) is 1. The van der Waals surface area contributed by atoms with Crippen molar-refractivity contribution in [3.05, 3.63) is 94.3 Å². The van der Waals surface area contributed by atoms with Crippen molar-refractivity contribution >= 4 is 29.1 Å². The highest BCUT2D eigenvalue weighted by atomic mass is 35.5. The number of anilines is 1. The number of rotatable bonds is 8. The first-order valence-corrected chi connectivity index (χ1v) is 13.5. The number of carbonyl (C=O) groups is 2. The summed E-state index contributed by atoms with van der Waals surface area (Å²) in [6.07, 6.45) is 0. The molecule has 2 amide bonds. The van der Waals surface area contributed by atoms with Crippen LogP contribution in [-0.2, 0) is 9.53 Å². The average molecular weight is 552 g/mol. The lowest BCUT2D eigenvalue weighted by Crippen LogP contribution is -2.49. The number of fused-ring (bicyclic) bond motifs is 1. The van der Waals surface area contributed by atoms with E-state index in [4.69, 9.17) is 21.1 Å². The third-order valence-corrected chi connectivity index (χ3v) is 7.49. The van der Waals surface area contributed by atoms with Gasteiger partial charge < -0.3 is 19.7 Å². The lowest BCUT2D eigenvalue weighted by atomic mass is 9.79. The Labute approximate surface area is 232 Å². The molecule has 1 saturated heterocycles. The lowest BCUT2D eigenvalue weighted by Gasteiger charge is -2.42. The molecular formula is C30H31ClFN3O4. The Balaban J connectivity index is 1.55. The molecule has 5 rings (SSSR count). The molecule has 0 bridgehead atoms. The minimum atomic E-state index is -0.717. The zero-order valence-corrected chi connectivity index (χ0v) is 22.5. The Hall–Kier alpha value is -3.46. The van der Waals surface area contributed by atoms with Gasteiger partial charge in [-0.3, -0.25) is 14.5 Å². The SMILES string of the molecule is CCOc1ccc(C2C(C(=O)Nc3ccc(F)c(Cl)c3)c3ccccc3C(=O)N2CCN2CCOCC2)cc1. The number of ether oxygens (including phenoxy) is 2. The van der Waals surface area contributed by atoms with Crippen LogP contribution < -0.4 is 10.1 Å². The number of hydrogen-bond acceptors (Lipinski definition) is 5. The Morgan fingerprint density at radius 1 is 1.08 bits per heavy atom. The fraction of sp³-hybridized carbons (Fsp3) is 0.333. The van der Waals surface area contributed by atoms with Crippen LogP contribution in [0.4, 0.5) is 10.1 Å². The number of carbonyl (C=O) groups excluding carboxylic acids is 2. The molecule has 1 fully saturated rings. The van der Waals surface area contributed by atoms with Gasteiger partial charge in [-0.25, -0.2) is 4.39 Å². The second-order valence-corrected chi connectivity index (χ2v) is 9.99. The van der Waals surface area contributed by atoms with Crippen molar-refractivity contribution in [3.63, 3.8) is 0 Å². The molecule has 0 radical (unpaired) electrons. The van der Waals surface area contributed by atoms with E-state index in [2.05, 4.69) is 10.2 Å². The zero-order chi connectivity index (χ0) is 27.4. The number of amides is 2. The van der Waals surface area contributed by atoms with Crippen molar-refractivity contribution in [2.24, 2.45) is 0 Å². The predicted molar refractivity (Wildman–Crippen MR) is 148 cm³/mol. The van der Waals surface area contributed by atoms with Crippen molar-refractivity contribution in [3.8, 4) is 5.75 Å². The standard InChI is InChI=1S/C30H31ClFN3O4/c1-2-39-22-10-7-20(8-11-22)28-27(29(36)33-21-9-12-26(32)25(31)19-21)23-5-3-4-6-24(23)30(37)35(28)14-13-34-15-17-38-18-16-34/h3-12,19,27-28H,2,13-18H2,1H3,(H,33,36). The second kappa shape index (κ2) is 12.2. The minimum absolute atomic E-state index is 0.0813. The molecule has 0 spiro atoms. The molecule has 0 aromatic heterocycles. The first kappa shape index (κ1) is 27.1. The molecule has 2 aliphatic rings. The maximum atomic E-state index is 14.0. The van der Waals surface area contributed by atoms with Gasteiger partial charge in [-0.05, 0) is 54.4 Å². The van der Waals surface area contributed by atoms with E-state index in [-0.39, 0.29) is 16.8 Å². The molecule has 0 aliphatic carbocycles. The quantitative estimate of drug-likeness (QED) is 0.420. The van der Waals surface area contributed by atoms with Crippen LogP contribution in [0.5, 0.6) is 5.75 Å². The molecule has 39 heavy (non-hydrogen) atoms. The number of nitrogens with zero attached hydrogens (tertiary/aromatic N) is 2. The van der Waals surface area contributed by atoms with Crippen LogP contribution in [-0.4, -0.2) is 67.6 Å². The topological polar surface area (TPSA) is 71.1 Å². The first-order chi connectivity index (χ1) is 19.0. The van der Waals surface area contributed by atoms with Crippen molar-refractivity contribution < 1.29 is 23.5 Å². The third-order valence-electron chi connectivity index (χ3n) is 7.20. The monoisotopic (exact) mass is 551 g/mol. The summed E-state index contributed by atoms with van der Waals surface area (Å²) >= 11 is 5.98. The molecule has 3 aromatic carbocycles. The summed E-state index contributed by atoms with van der Waals surface area (Å²) in [5.74, 6) is -1.000. The van der Waals surface area contributed by atoms with E-state index in [1.54, 1.807) is 11.0 Å². The number of morpholine rings is 1. The summed E-state index contributed by atoms with van der Waals surface area (Å²) in [4.78, 5) is 32.0. The molecule has 9 heteroatoms. The molecule has 2 unspecified atom stereocenters. The largest absolute Gasteiger partial charge is 0.494 e. The minimum Gasteiger partial charge on any atom is -0.494 e. The molecule has 1 N–H and O–H groups in total. The molecular weight excluding hydrogens is 521 g/mol. The summed E-state index contributed by atoms with van der Waals surface area (Å²) in [5.41, 5.74) is 2.35. The third kappa shape index (κ3) is 5.93. The van der Waals surface area contributed by atoms with E-state index >= 15 is 0 Å². The van der Waals surface area contributed by atoms with Crippen molar-refractivity contribution in [2.75, 3.05) is 51.3 Å². The fourth-order valence-electron chi connectivity index (χ4n) is 5.29. The van der Waals surface area contributed by atoms with Crippen molar-refractivity contribution in [1.29, 1.82) is 0 Å². The molecule has 204 valence electrons. The van der Waals surface area contributed by atoms with Gasteiger partial charge in [-0.2, -0.15) is 0 Å². The van der Waals surface area contributed by atoms with Gasteiger partial charge >= 0.3 is 0 Å². The van der Waals surface area contributed by atoms with Crippen LogP contribution >= 0.6 is 11.6 Å². The summed E-state index contributed by atoms with van der Waals surface area (Å²) in [6, 6.07) is 18.3. The van der Waals surface area contributed by atoms with Crippen LogP contribution in [0.1, 0.15) is 40.4 Å². The van der Waals surface area contributed by atoms with E-state index in [0.29, 0.717) is 55.5 Å². The lowest BCUT2D eigenvalue weighted by molar-refractivity contribution is -0.119. The Kier molecular flexibility index (Phi) is 8.45. The Morgan fingerprint density at radius 3 is 2.54 bits per heavy atom. The first-order valence-electron chi connectivity index (χ1n) is 13.1. The van der Waals surface area contributed by atoms with Crippen molar-refractivity contribution in [2.45, 2.75) is 18.9 Å². The van der Waals surface area contributed by atoms with E-state index in [1.807, 2.05) is 49.4 Å². The number of hydrogen-bond donors (Lipinski definition) is 1. The highest BCUT2D eigenvalue weighted by Crippen LogP contribution is 2.43. The molecule has 2 aliphatic heterocycles. The van der Waals surface area contributed by atoms with Gasteiger partial charge in [0.05, 0.1) is 36.8 Å². The van der Waals surface area contributed by atoms with Gasteiger partial charge in [-0.1, -0.05) is 41.9 Å². The fourth-order valence-corrected chi connectivity index (χ4v) is 5.47. The normalized spacial score (nSPS) is 19.5. The number of benzene rings is 3. The van der Waals surface area contributed by atoms with E-state index in [0.717, 1.165) is 18.7 Å². The van der Waals surface area contributed by atoms with Gasteiger partial charge in [0.1, 0.15) is 11.6 Å². The van der Waals surface area contributed by atoms with E-state index in [9.17, 15) is 14.0 Å². The smallest absolute Gasteiger partial charge is 0.254 e. The molecule has 3 aromatic rings. The van der Waals surface area contributed by atoms with Gasteiger partial charge in [0, 0.05) is 37.4 Å². The summed E-state index contributed by atoms with van der Waals surface area (Å²) in [6.45, 7) is 6.45. The van der Waals surface area contributed by atoms with Gasteiger partial charge in [-0.15, -0.1) is 0 Å². The second-order valence-electron chi connectivity index (χ2n) is 9.58. The van der Waals surface area contributed by atoms with Crippen LogP contribution in [0.25, 0.3) is 0 Å². The predicted octanol–water partition coefficient (Wildman–Crippen LogP) is 5.13. The number of halogens is 2. The maximum Gasteiger partial charge on any atom is 0.254 e. The molecule has 7 nitrogen and oxygen atoms in total. The molecule has 2 atom stereocenters. The van der Waals surface area contributed by atoms with Gasteiger partial charge in [0.2, 0.25) is 5.91 Å². The van der Waals surface area contributed by atoms with Gasteiger partial charge in [0.25, 0.3) is 5.91 Å². The van der Waals surface area contributed by atoms with Crippen molar-refractivity contribution in [1.82, 2.24) is 9.80 Å². The zero-order valence-electron chi connectivity index (χ0n) is 21.7. The summed E-state index contributed by atoms with van der Waals surface area (Å²) < 4.78 is 24.9. The van der Waals surface area contributed by atoms with E-state index in [1.165, 1.54) is 18.2 Å². The highest BCUT2D eigenvalue weighted by Gasteiger charge is 2.44. The molecule has 2 heterocycles. The van der Waals surface area contributed by atoms with Crippen LogP contribution in [0.2, 0.25) is 5.02 Å². The van der Waals surface area contributed by atoms with Crippen LogP contribution in [0.15, 0.2) is 66.7 Å². The Morgan fingerprint density at radius 2 is 1.82 bits per heavy atom. The van der Waals surface area contributed by atoms with Gasteiger partial charge in [0.15, 0.2) is 0 Å². The van der Waals surface area contributed by atoms with Crippen LogP contribution in [0.3, 0.4) is 0 Å². The van der Waals surface area contributed by atoms with Crippen LogP contribution in [0, 0.1) is 5.82 Å². The highest BCUT2D eigenvalue weighted by molar-refractivity contribution is 6.31.